The number of nitrogens with one attached hydrogen (secondary N) is 2. The highest BCUT2D eigenvalue weighted by Crippen LogP contribution is 2.17. The first-order chi connectivity index (χ1) is 7.54. The summed E-state index contributed by atoms with van der Waals surface area (Å²) in [6, 6.07) is -0.411. The lowest BCUT2D eigenvalue weighted by atomic mass is 9.93. The molecule has 1 rings (SSSR count). The van der Waals surface area contributed by atoms with E-state index in [2.05, 4.69) is 10.6 Å². The third-order valence-corrected chi connectivity index (χ3v) is 3.01. The third-order valence-electron chi connectivity index (χ3n) is 3.01. The fourth-order valence-electron chi connectivity index (χ4n) is 1.52. The lowest BCUT2D eigenvalue weighted by Gasteiger charge is -2.27. The summed E-state index contributed by atoms with van der Waals surface area (Å²) in [5, 5.41) is 5.49. The zero-order chi connectivity index (χ0) is 12.1. The molecule has 1 aliphatic carbocycles. The molecule has 1 unspecified atom stereocenters. The van der Waals surface area contributed by atoms with Crippen molar-refractivity contribution in [3.05, 3.63) is 0 Å². The summed E-state index contributed by atoms with van der Waals surface area (Å²) >= 11 is 0. The highest BCUT2D eigenvalue weighted by Gasteiger charge is 2.22. The number of amides is 3. The van der Waals surface area contributed by atoms with Crippen molar-refractivity contribution in [2.24, 2.45) is 0 Å². The number of likely N-dealkylation sites (N-methyl/N-ethyl adjacent to an activating group) is 1. The van der Waals surface area contributed by atoms with Gasteiger partial charge in [0.25, 0.3) is 0 Å². The van der Waals surface area contributed by atoms with Gasteiger partial charge in [0.1, 0.15) is 6.04 Å². The molecule has 5 heteroatoms. The lowest BCUT2D eigenvalue weighted by molar-refractivity contribution is -0.131. The van der Waals surface area contributed by atoms with E-state index in [1.54, 1.807) is 18.9 Å². The van der Waals surface area contributed by atoms with Crippen LogP contribution in [-0.2, 0) is 4.79 Å². The monoisotopic (exact) mass is 227 g/mol. The van der Waals surface area contributed by atoms with Crippen molar-refractivity contribution in [2.75, 3.05) is 13.6 Å². The quantitative estimate of drug-likeness (QED) is 0.743. The van der Waals surface area contributed by atoms with Crippen LogP contribution in [0.15, 0.2) is 0 Å². The third kappa shape index (κ3) is 3.40. The van der Waals surface area contributed by atoms with Gasteiger partial charge in [-0.2, -0.15) is 0 Å². The van der Waals surface area contributed by atoms with Crippen LogP contribution in [0.3, 0.4) is 0 Å². The van der Waals surface area contributed by atoms with Gasteiger partial charge >= 0.3 is 6.03 Å². The van der Waals surface area contributed by atoms with Crippen LogP contribution in [-0.4, -0.2) is 42.5 Å². The fraction of sp³-hybridized carbons (Fsp3) is 0.818. The van der Waals surface area contributed by atoms with E-state index in [-0.39, 0.29) is 11.9 Å². The molecule has 1 atom stereocenters. The van der Waals surface area contributed by atoms with E-state index in [4.69, 9.17) is 0 Å². The smallest absolute Gasteiger partial charge is 0.315 e. The van der Waals surface area contributed by atoms with Crippen LogP contribution >= 0.6 is 0 Å². The van der Waals surface area contributed by atoms with Gasteiger partial charge in [-0.3, -0.25) is 4.79 Å². The minimum Gasteiger partial charge on any atom is -0.344 e. The SMILES string of the molecule is CCN(C)C(=O)C(C)NC(=O)NC1CCC1. The largest absolute Gasteiger partial charge is 0.344 e. The Morgan fingerprint density at radius 2 is 2.06 bits per heavy atom. The molecule has 16 heavy (non-hydrogen) atoms. The minimum atomic E-state index is -0.468. The molecule has 5 nitrogen and oxygen atoms in total. The van der Waals surface area contributed by atoms with Gasteiger partial charge in [0, 0.05) is 19.6 Å². The maximum absolute atomic E-state index is 11.7. The van der Waals surface area contributed by atoms with E-state index in [9.17, 15) is 9.59 Å². The predicted octanol–water partition coefficient (Wildman–Crippen LogP) is 0.705. The maximum atomic E-state index is 11.7. The second-order valence-electron chi connectivity index (χ2n) is 4.32. The molecule has 0 heterocycles. The van der Waals surface area contributed by atoms with Gasteiger partial charge in [0.05, 0.1) is 0 Å². The normalized spacial score (nSPS) is 17.2. The molecule has 1 saturated carbocycles. The molecule has 0 aromatic rings. The van der Waals surface area contributed by atoms with Gasteiger partial charge in [-0.25, -0.2) is 4.79 Å². The topological polar surface area (TPSA) is 61.4 Å². The van der Waals surface area contributed by atoms with Gasteiger partial charge in [0.2, 0.25) is 5.91 Å². The number of rotatable bonds is 4. The standard InChI is InChI=1S/C11H21N3O2/c1-4-14(3)10(15)8(2)12-11(16)13-9-6-5-7-9/h8-9H,4-7H2,1-3H3,(H2,12,13,16). The summed E-state index contributed by atoms with van der Waals surface area (Å²) < 4.78 is 0. The molecule has 92 valence electrons. The molecule has 0 saturated heterocycles. The van der Waals surface area contributed by atoms with E-state index in [0.717, 1.165) is 12.8 Å². The first kappa shape index (κ1) is 12.8. The summed E-state index contributed by atoms with van der Waals surface area (Å²) in [5.74, 6) is -0.0636. The molecule has 0 radical (unpaired) electrons. The Hall–Kier alpha value is -1.26. The Morgan fingerprint density at radius 1 is 1.44 bits per heavy atom. The summed E-state index contributed by atoms with van der Waals surface area (Å²) in [5.41, 5.74) is 0. The van der Waals surface area contributed by atoms with Crippen molar-refractivity contribution >= 4 is 11.9 Å². The van der Waals surface area contributed by atoms with Gasteiger partial charge in [-0.05, 0) is 33.1 Å². The van der Waals surface area contributed by atoms with E-state index >= 15 is 0 Å². The van der Waals surface area contributed by atoms with Crippen LogP contribution in [0, 0.1) is 0 Å². The first-order valence-corrected chi connectivity index (χ1v) is 5.86. The van der Waals surface area contributed by atoms with Crippen molar-refractivity contribution in [3.63, 3.8) is 0 Å². The number of nitrogens with zero attached hydrogens (tertiary/aromatic N) is 1. The molecule has 0 aliphatic heterocycles. The maximum Gasteiger partial charge on any atom is 0.315 e. The first-order valence-electron chi connectivity index (χ1n) is 5.86. The number of hydrogen-bond acceptors (Lipinski definition) is 2. The fourth-order valence-corrected chi connectivity index (χ4v) is 1.52. The summed E-state index contributed by atoms with van der Waals surface area (Å²) in [7, 11) is 1.73. The van der Waals surface area contributed by atoms with Gasteiger partial charge in [0.15, 0.2) is 0 Å². The number of carbonyl (C=O) groups excluding carboxylic acids is 2. The Labute approximate surface area is 96.6 Å². The lowest BCUT2D eigenvalue weighted by Crippen LogP contribution is -2.52. The molecule has 1 fully saturated rings. The Bertz CT molecular complexity index is 264. The Balaban J connectivity index is 2.28. The Morgan fingerprint density at radius 3 is 2.50 bits per heavy atom. The van der Waals surface area contributed by atoms with Crippen LogP contribution in [0.4, 0.5) is 4.79 Å². The number of urea groups is 1. The Kier molecular flexibility index (Phi) is 4.58. The summed E-state index contributed by atoms with van der Waals surface area (Å²) in [6.45, 7) is 4.25. The molecule has 0 bridgehead atoms. The van der Waals surface area contributed by atoms with Crippen LogP contribution in [0.2, 0.25) is 0 Å². The van der Waals surface area contributed by atoms with Crippen molar-refractivity contribution < 1.29 is 9.59 Å². The molecular formula is C11H21N3O2. The average molecular weight is 227 g/mol. The van der Waals surface area contributed by atoms with Crippen molar-refractivity contribution in [1.82, 2.24) is 15.5 Å². The second kappa shape index (κ2) is 5.72. The molecule has 0 spiro atoms. The van der Waals surface area contributed by atoms with Gasteiger partial charge < -0.3 is 15.5 Å². The van der Waals surface area contributed by atoms with E-state index in [1.807, 2.05) is 6.92 Å². The molecule has 0 aromatic carbocycles. The van der Waals surface area contributed by atoms with Crippen molar-refractivity contribution in [1.29, 1.82) is 0 Å². The zero-order valence-electron chi connectivity index (χ0n) is 10.2. The number of hydrogen-bond donors (Lipinski definition) is 2. The van der Waals surface area contributed by atoms with Gasteiger partial charge in [-0.1, -0.05) is 0 Å². The molecule has 0 aromatic heterocycles. The minimum absolute atomic E-state index is 0.0636. The predicted molar refractivity (Wildman–Crippen MR) is 62.1 cm³/mol. The highest BCUT2D eigenvalue weighted by atomic mass is 16.2. The van der Waals surface area contributed by atoms with Crippen molar-refractivity contribution in [2.45, 2.75) is 45.2 Å². The molecule has 1 aliphatic rings. The summed E-state index contributed by atoms with van der Waals surface area (Å²) in [4.78, 5) is 24.7. The summed E-state index contributed by atoms with van der Waals surface area (Å²) in [6.07, 6.45) is 3.27. The van der Waals surface area contributed by atoms with E-state index in [1.165, 1.54) is 6.42 Å². The molecule has 2 N–H and O–H groups in total. The number of carbonyl (C=O) groups is 2. The van der Waals surface area contributed by atoms with E-state index < -0.39 is 6.04 Å². The highest BCUT2D eigenvalue weighted by molar-refractivity contribution is 5.86. The van der Waals surface area contributed by atoms with Gasteiger partial charge in [-0.15, -0.1) is 0 Å². The zero-order valence-corrected chi connectivity index (χ0v) is 10.2. The second-order valence-corrected chi connectivity index (χ2v) is 4.32. The van der Waals surface area contributed by atoms with Crippen molar-refractivity contribution in [3.8, 4) is 0 Å². The molecular weight excluding hydrogens is 206 g/mol. The van der Waals surface area contributed by atoms with Crippen LogP contribution in [0.1, 0.15) is 33.1 Å². The van der Waals surface area contributed by atoms with E-state index in [0.29, 0.717) is 12.6 Å². The van der Waals surface area contributed by atoms with Crippen LogP contribution in [0.25, 0.3) is 0 Å². The van der Waals surface area contributed by atoms with Crippen LogP contribution < -0.4 is 10.6 Å². The average Bonchev–Trinajstić information content (AvgIpc) is 2.21. The molecule has 3 amide bonds. The van der Waals surface area contributed by atoms with Crippen LogP contribution in [0.5, 0.6) is 0 Å².